The fourth-order valence-corrected chi connectivity index (χ4v) is 4.18. The van der Waals surface area contributed by atoms with Crippen molar-refractivity contribution in [2.24, 2.45) is 7.05 Å². The zero-order chi connectivity index (χ0) is 22.1. The van der Waals surface area contributed by atoms with E-state index in [1.165, 1.54) is 0 Å². The van der Waals surface area contributed by atoms with Crippen molar-refractivity contribution in [2.75, 3.05) is 13.1 Å². The van der Waals surface area contributed by atoms with Crippen molar-refractivity contribution >= 4 is 22.8 Å². The van der Waals surface area contributed by atoms with E-state index in [2.05, 4.69) is 24.3 Å². The highest BCUT2D eigenvalue weighted by atomic mass is 16.2. The van der Waals surface area contributed by atoms with Gasteiger partial charge in [-0.15, -0.1) is 0 Å². The van der Waals surface area contributed by atoms with Gasteiger partial charge >= 0.3 is 0 Å². The number of piperidine rings is 1. The van der Waals surface area contributed by atoms with Crippen molar-refractivity contribution in [3.63, 3.8) is 0 Å². The van der Waals surface area contributed by atoms with Gasteiger partial charge in [0, 0.05) is 37.4 Å². The van der Waals surface area contributed by atoms with E-state index in [0.717, 1.165) is 35.3 Å². The minimum atomic E-state index is -0.0613. The zero-order valence-electron chi connectivity index (χ0n) is 18.6. The number of nitrogens with zero attached hydrogens (tertiary/aromatic N) is 4. The van der Waals surface area contributed by atoms with E-state index < -0.39 is 0 Å². The molecule has 1 aliphatic heterocycles. The molecule has 7 nitrogen and oxygen atoms in total. The van der Waals surface area contributed by atoms with Crippen LogP contribution in [0.4, 0.5) is 0 Å². The Balaban J connectivity index is 1.50. The number of carbonyl (C=O) groups is 2. The maximum Gasteiger partial charge on any atom is 0.254 e. The molecule has 0 atom stereocenters. The first-order chi connectivity index (χ1) is 14.8. The van der Waals surface area contributed by atoms with Gasteiger partial charge in [-0.3, -0.25) is 14.3 Å². The molecule has 7 heteroatoms. The Labute approximate surface area is 182 Å². The summed E-state index contributed by atoms with van der Waals surface area (Å²) < 4.78 is 1.75. The van der Waals surface area contributed by atoms with Crippen LogP contribution in [0.1, 0.15) is 64.7 Å². The molecule has 1 N–H and O–H groups in total. The van der Waals surface area contributed by atoms with E-state index in [-0.39, 0.29) is 23.8 Å². The fraction of sp³-hybridized carbons (Fsp3) is 0.417. The second kappa shape index (κ2) is 8.49. The van der Waals surface area contributed by atoms with Gasteiger partial charge in [-0.1, -0.05) is 32.0 Å². The van der Waals surface area contributed by atoms with Crippen LogP contribution in [0, 0.1) is 6.92 Å². The van der Waals surface area contributed by atoms with E-state index in [9.17, 15) is 9.59 Å². The molecule has 0 aliphatic carbocycles. The zero-order valence-corrected chi connectivity index (χ0v) is 18.6. The molecule has 1 fully saturated rings. The quantitative estimate of drug-likeness (QED) is 0.703. The minimum Gasteiger partial charge on any atom is -0.349 e. The van der Waals surface area contributed by atoms with Crippen LogP contribution >= 0.6 is 0 Å². The first-order valence-corrected chi connectivity index (χ1v) is 10.8. The van der Waals surface area contributed by atoms with Crippen LogP contribution in [0.2, 0.25) is 0 Å². The Kier molecular flexibility index (Phi) is 5.76. The van der Waals surface area contributed by atoms with Crippen LogP contribution in [0.3, 0.4) is 0 Å². The van der Waals surface area contributed by atoms with Crippen LogP contribution in [-0.4, -0.2) is 50.6 Å². The highest BCUT2D eigenvalue weighted by Crippen LogP contribution is 2.27. The van der Waals surface area contributed by atoms with Crippen molar-refractivity contribution in [3.8, 4) is 0 Å². The van der Waals surface area contributed by atoms with Crippen molar-refractivity contribution in [1.29, 1.82) is 0 Å². The maximum absolute atomic E-state index is 13.5. The Morgan fingerprint density at radius 3 is 2.45 bits per heavy atom. The molecule has 0 spiro atoms. The lowest BCUT2D eigenvalue weighted by atomic mass is 10.0. The van der Waals surface area contributed by atoms with Gasteiger partial charge in [0.1, 0.15) is 0 Å². The van der Waals surface area contributed by atoms with E-state index in [1.54, 1.807) is 4.68 Å². The van der Waals surface area contributed by atoms with Gasteiger partial charge in [0.2, 0.25) is 0 Å². The summed E-state index contributed by atoms with van der Waals surface area (Å²) in [6.45, 7) is 7.29. The summed E-state index contributed by atoms with van der Waals surface area (Å²) in [5.74, 6) is 0.164. The highest BCUT2D eigenvalue weighted by molar-refractivity contribution is 6.06. The van der Waals surface area contributed by atoms with E-state index in [1.807, 2.05) is 55.3 Å². The van der Waals surface area contributed by atoms with Gasteiger partial charge in [0.05, 0.1) is 16.6 Å². The number of rotatable bonds is 4. The number of aromatic nitrogens is 3. The number of nitrogens with one attached hydrogen (secondary N) is 1. The Morgan fingerprint density at radius 2 is 1.81 bits per heavy atom. The second-order valence-corrected chi connectivity index (χ2v) is 8.56. The number of amides is 2. The average molecular weight is 420 g/mol. The molecule has 3 aromatic rings. The third-order valence-electron chi connectivity index (χ3n) is 5.96. The standard InChI is InChI=1S/C24H29N5O2/c1-15(2)20-14-19(21-16(3)27-28(4)22(21)26-20)24(31)29-12-10-18(11-13-29)25-23(30)17-8-6-5-7-9-17/h5-9,14-15,18H,10-13H2,1-4H3,(H,25,30). The predicted molar refractivity (Wildman–Crippen MR) is 120 cm³/mol. The number of hydrogen-bond donors (Lipinski definition) is 1. The van der Waals surface area contributed by atoms with Gasteiger partial charge in [0.25, 0.3) is 11.8 Å². The molecule has 0 bridgehead atoms. The summed E-state index contributed by atoms with van der Waals surface area (Å²) in [5.41, 5.74) is 3.79. The molecule has 0 unspecified atom stereocenters. The topological polar surface area (TPSA) is 80.1 Å². The summed E-state index contributed by atoms with van der Waals surface area (Å²) in [6, 6.07) is 11.2. The third kappa shape index (κ3) is 4.17. The third-order valence-corrected chi connectivity index (χ3v) is 5.96. The molecule has 0 saturated carbocycles. The van der Waals surface area contributed by atoms with Gasteiger partial charge in [-0.25, -0.2) is 4.98 Å². The fourth-order valence-electron chi connectivity index (χ4n) is 4.18. The molecule has 0 radical (unpaired) electrons. The summed E-state index contributed by atoms with van der Waals surface area (Å²) in [5, 5.41) is 8.42. The molecule has 3 heterocycles. The van der Waals surface area contributed by atoms with Gasteiger partial charge < -0.3 is 10.2 Å². The van der Waals surface area contributed by atoms with Crippen LogP contribution in [0.5, 0.6) is 0 Å². The molecule has 2 aromatic heterocycles. The molecule has 2 amide bonds. The molecular weight excluding hydrogens is 390 g/mol. The Morgan fingerprint density at radius 1 is 1.13 bits per heavy atom. The van der Waals surface area contributed by atoms with Gasteiger partial charge in [0.15, 0.2) is 5.65 Å². The SMILES string of the molecule is Cc1nn(C)c2nc(C(C)C)cc(C(=O)N3CCC(NC(=O)c4ccccc4)CC3)c12. The van der Waals surface area contributed by atoms with E-state index in [0.29, 0.717) is 24.2 Å². The first-order valence-electron chi connectivity index (χ1n) is 10.8. The molecule has 4 rings (SSSR count). The lowest BCUT2D eigenvalue weighted by molar-refractivity contribution is 0.0699. The van der Waals surface area contributed by atoms with Crippen LogP contribution < -0.4 is 5.32 Å². The lowest BCUT2D eigenvalue weighted by Gasteiger charge is -2.32. The number of pyridine rings is 1. The van der Waals surface area contributed by atoms with Gasteiger partial charge in [-0.05, 0) is 43.9 Å². The minimum absolute atomic E-state index is 0.0123. The summed E-state index contributed by atoms with van der Waals surface area (Å²) >= 11 is 0. The maximum atomic E-state index is 13.5. The predicted octanol–water partition coefficient (Wildman–Crippen LogP) is 3.43. The summed E-state index contributed by atoms with van der Waals surface area (Å²) in [6.07, 6.45) is 1.48. The van der Waals surface area contributed by atoms with E-state index >= 15 is 0 Å². The molecule has 1 aromatic carbocycles. The van der Waals surface area contributed by atoms with Gasteiger partial charge in [-0.2, -0.15) is 5.10 Å². The van der Waals surface area contributed by atoms with Crippen LogP contribution in [-0.2, 0) is 7.05 Å². The first kappa shape index (κ1) is 21.0. The largest absolute Gasteiger partial charge is 0.349 e. The lowest BCUT2D eigenvalue weighted by Crippen LogP contribution is -2.46. The van der Waals surface area contributed by atoms with Crippen LogP contribution in [0.15, 0.2) is 36.4 Å². The normalized spacial score (nSPS) is 14.9. The van der Waals surface area contributed by atoms with Crippen molar-refractivity contribution in [3.05, 3.63) is 58.9 Å². The van der Waals surface area contributed by atoms with Crippen molar-refractivity contribution < 1.29 is 9.59 Å². The molecule has 162 valence electrons. The molecule has 1 saturated heterocycles. The molecular formula is C24H29N5O2. The number of likely N-dealkylation sites (tertiary alicyclic amines) is 1. The number of fused-ring (bicyclic) bond motifs is 1. The summed E-state index contributed by atoms with van der Waals surface area (Å²) in [4.78, 5) is 32.5. The number of benzene rings is 1. The number of aryl methyl sites for hydroxylation is 2. The monoisotopic (exact) mass is 419 g/mol. The van der Waals surface area contributed by atoms with E-state index in [4.69, 9.17) is 4.98 Å². The van der Waals surface area contributed by atoms with Crippen molar-refractivity contribution in [1.82, 2.24) is 25.0 Å². The number of carbonyl (C=O) groups excluding carboxylic acids is 2. The van der Waals surface area contributed by atoms with Crippen LogP contribution in [0.25, 0.3) is 11.0 Å². The highest BCUT2D eigenvalue weighted by Gasteiger charge is 2.28. The van der Waals surface area contributed by atoms with Crippen molar-refractivity contribution in [2.45, 2.75) is 45.6 Å². The summed E-state index contributed by atoms with van der Waals surface area (Å²) in [7, 11) is 1.86. The smallest absolute Gasteiger partial charge is 0.254 e. The Bertz CT molecular complexity index is 1110. The second-order valence-electron chi connectivity index (χ2n) is 8.56. The number of hydrogen-bond acceptors (Lipinski definition) is 4. The average Bonchev–Trinajstić information content (AvgIpc) is 3.07. The Hall–Kier alpha value is -3.22. The molecule has 31 heavy (non-hydrogen) atoms. The molecule has 1 aliphatic rings.